The minimum absolute atomic E-state index is 0.225. The summed E-state index contributed by atoms with van der Waals surface area (Å²) in [6.07, 6.45) is 9.77. The first-order valence-electron chi connectivity index (χ1n) is 3.99. The Kier molecular flexibility index (Phi) is 2.31. The molecule has 60 valence electrons. The summed E-state index contributed by atoms with van der Waals surface area (Å²) in [6, 6.07) is 0. The summed E-state index contributed by atoms with van der Waals surface area (Å²) < 4.78 is 0. The van der Waals surface area contributed by atoms with Crippen molar-refractivity contribution in [2.24, 2.45) is 5.73 Å². The Morgan fingerprint density at radius 3 is 2.36 bits per heavy atom. The van der Waals surface area contributed by atoms with Gasteiger partial charge in [0.25, 0.3) is 0 Å². The number of carbonyl (C=O) groups is 1. The predicted molar refractivity (Wildman–Crippen MR) is 43.8 cm³/mol. The van der Waals surface area contributed by atoms with Gasteiger partial charge in [0.05, 0.1) is 5.54 Å². The topological polar surface area (TPSA) is 43.1 Å². The molecule has 1 fully saturated rings. The van der Waals surface area contributed by atoms with Crippen molar-refractivity contribution in [3.05, 3.63) is 0 Å². The van der Waals surface area contributed by atoms with Gasteiger partial charge in [-0.1, -0.05) is 19.3 Å². The molecule has 2 N–H and O–H groups in total. The van der Waals surface area contributed by atoms with Gasteiger partial charge in [0, 0.05) is 0 Å². The lowest BCUT2D eigenvalue weighted by molar-refractivity contribution is -0.119. The van der Waals surface area contributed by atoms with E-state index in [4.69, 9.17) is 12.2 Å². The van der Waals surface area contributed by atoms with Crippen LogP contribution in [-0.2, 0) is 4.79 Å². The Hall–Kier alpha value is -0.810. The van der Waals surface area contributed by atoms with Crippen LogP contribution in [-0.4, -0.2) is 11.3 Å². The van der Waals surface area contributed by atoms with Gasteiger partial charge >= 0.3 is 0 Å². The van der Waals surface area contributed by atoms with E-state index in [9.17, 15) is 4.79 Å². The molecule has 0 aromatic rings. The van der Waals surface area contributed by atoms with Crippen molar-refractivity contribution in [1.29, 1.82) is 0 Å². The first-order chi connectivity index (χ1) is 5.19. The second-order valence-electron chi connectivity index (χ2n) is 3.19. The lowest BCUT2D eigenvalue weighted by Crippen LogP contribution is -2.48. The van der Waals surface area contributed by atoms with Crippen molar-refractivity contribution in [1.82, 2.24) is 0 Å². The zero-order valence-electron chi connectivity index (χ0n) is 6.60. The van der Waals surface area contributed by atoms with E-state index < -0.39 is 5.54 Å². The largest absolute Gasteiger partial charge is 0.318 e. The molecule has 11 heavy (non-hydrogen) atoms. The Morgan fingerprint density at radius 2 is 1.91 bits per heavy atom. The van der Waals surface area contributed by atoms with Crippen LogP contribution in [0.3, 0.4) is 0 Å². The van der Waals surface area contributed by atoms with Crippen LogP contribution in [0.2, 0.25) is 0 Å². The van der Waals surface area contributed by atoms with E-state index in [0.717, 1.165) is 25.7 Å². The van der Waals surface area contributed by atoms with E-state index in [2.05, 4.69) is 5.92 Å². The molecular formula is C9H13NO. The Balaban J connectivity index is 2.65. The molecule has 0 atom stereocenters. The first kappa shape index (κ1) is 8.29. The highest BCUT2D eigenvalue weighted by Gasteiger charge is 2.33. The number of Topliss-reactive ketones (excluding diaryl/α,β-unsaturated/α-hetero) is 1. The van der Waals surface area contributed by atoms with E-state index >= 15 is 0 Å². The summed E-state index contributed by atoms with van der Waals surface area (Å²) in [4.78, 5) is 11.1. The number of nitrogens with two attached hydrogens (primary N) is 1. The van der Waals surface area contributed by atoms with Crippen LogP contribution in [0.5, 0.6) is 0 Å². The third-order valence-corrected chi connectivity index (χ3v) is 2.33. The minimum Gasteiger partial charge on any atom is -0.318 e. The highest BCUT2D eigenvalue weighted by atomic mass is 16.1. The molecule has 0 bridgehead atoms. The Bertz CT molecular complexity index is 196. The summed E-state index contributed by atoms with van der Waals surface area (Å²) in [7, 11) is 0. The lowest BCUT2D eigenvalue weighted by Gasteiger charge is -2.29. The molecule has 0 amide bonds. The monoisotopic (exact) mass is 151 g/mol. The van der Waals surface area contributed by atoms with Crippen molar-refractivity contribution in [3.8, 4) is 12.3 Å². The van der Waals surface area contributed by atoms with Crippen LogP contribution in [0.4, 0.5) is 0 Å². The standard InChI is InChI=1S/C9H13NO/c1-2-8(11)9(10)6-4-3-5-7-9/h1H,3-7,10H2. The molecule has 2 heteroatoms. The summed E-state index contributed by atoms with van der Waals surface area (Å²) >= 11 is 0. The van der Waals surface area contributed by atoms with Crippen LogP contribution in [0.25, 0.3) is 0 Å². The molecule has 0 heterocycles. The molecule has 1 aliphatic carbocycles. The van der Waals surface area contributed by atoms with Gasteiger partial charge in [0.2, 0.25) is 5.78 Å². The van der Waals surface area contributed by atoms with Crippen LogP contribution in [0.1, 0.15) is 32.1 Å². The van der Waals surface area contributed by atoms with Crippen molar-refractivity contribution in [2.75, 3.05) is 0 Å². The maximum Gasteiger partial charge on any atom is 0.224 e. The lowest BCUT2D eigenvalue weighted by atomic mass is 9.80. The molecule has 0 radical (unpaired) electrons. The molecule has 1 rings (SSSR count). The van der Waals surface area contributed by atoms with E-state index in [-0.39, 0.29) is 5.78 Å². The normalized spacial score (nSPS) is 22.2. The van der Waals surface area contributed by atoms with Gasteiger partial charge in [-0.2, -0.15) is 0 Å². The second kappa shape index (κ2) is 3.06. The van der Waals surface area contributed by atoms with Crippen molar-refractivity contribution in [2.45, 2.75) is 37.6 Å². The number of rotatable bonds is 1. The van der Waals surface area contributed by atoms with E-state index in [1.54, 1.807) is 0 Å². The minimum atomic E-state index is -0.687. The fraction of sp³-hybridized carbons (Fsp3) is 0.667. The smallest absolute Gasteiger partial charge is 0.224 e. The molecule has 0 spiro atoms. The van der Waals surface area contributed by atoms with Crippen LogP contribution in [0.15, 0.2) is 0 Å². The van der Waals surface area contributed by atoms with Crippen molar-refractivity contribution in [3.63, 3.8) is 0 Å². The van der Waals surface area contributed by atoms with Crippen molar-refractivity contribution >= 4 is 5.78 Å². The Morgan fingerprint density at radius 1 is 1.36 bits per heavy atom. The van der Waals surface area contributed by atoms with Crippen LogP contribution < -0.4 is 5.73 Å². The quantitative estimate of drug-likeness (QED) is 0.446. The number of hydrogen-bond donors (Lipinski definition) is 1. The van der Waals surface area contributed by atoms with Gasteiger partial charge in [-0.25, -0.2) is 0 Å². The summed E-state index contributed by atoms with van der Waals surface area (Å²) in [6.45, 7) is 0. The average Bonchev–Trinajstić information content (AvgIpc) is 2.04. The van der Waals surface area contributed by atoms with Gasteiger partial charge in [-0.05, 0) is 18.8 Å². The molecular weight excluding hydrogens is 138 g/mol. The highest BCUT2D eigenvalue weighted by Crippen LogP contribution is 2.26. The van der Waals surface area contributed by atoms with Gasteiger partial charge in [-0.15, -0.1) is 6.42 Å². The molecule has 1 saturated carbocycles. The molecule has 0 saturated heterocycles. The van der Waals surface area contributed by atoms with Gasteiger partial charge in [0.15, 0.2) is 0 Å². The molecule has 2 nitrogen and oxygen atoms in total. The first-order valence-corrected chi connectivity index (χ1v) is 3.99. The summed E-state index contributed by atoms with van der Waals surface area (Å²) in [5, 5.41) is 0. The molecule has 0 aromatic heterocycles. The predicted octanol–water partition coefficient (Wildman–Crippen LogP) is 0.850. The van der Waals surface area contributed by atoms with E-state index in [0.29, 0.717) is 0 Å². The average molecular weight is 151 g/mol. The van der Waals surface area contributed by atoms with Gasteiger partial charge in [0.1, 0.15) is 0 Å². The zero-order chi connectivity index (χ0) is 8.32. The Labute approximate surface area is 67.2 Å². The van der Waals surface area contributed by atoms with Crippen LogP contribution >= 0.6 is 0 Å². The fourth-order valence-electron chi connectivity index (χ4n) is 1.55. The maximum absolute atomic E-state index is 11.1. The van der Waals surface area contributed by atoms with Gasteiger partial charge in [-0.3, -0.25) is 4.79 Å². The summed E-state index contributed by atoms with van der Waals surface area (Å²) in [5.74, 6) is 1.89. The fourth-order valence-corrected chi connectivity index (χ4v) is 1.55. The number of carbonyl (C=O) groups excluding carboxylic acids is 1. The van der Waals surface area contributed by atoms with E-state index in [1.165, 1.54) is 6.42 Å². The van der Waals surface area contributed by atoms with Gasteiger partial charge < -0.3 is 5.73 Å². The number of hydrogen-bond acceptors (Lipinski definition) is 2. The summed E-state index contributed by atoms with van der Waals surface area (Å²) in [5.41, 5.74) is 5.13. The maximum atomic E-state index is 11.1. The highest BCUT2D eigenvalue weighted by molar-refractivity contribution is 6.02. The van der Waals surface area contributed by atoms with E-state index in [1.807, 2.05) is 0 Å². The zero-order valence-corrected chi connectivity index (χ0v) is 6.60. The number of ketones is 1. The number of terminal acetylenes is 1. The third kappa shape index (κ3) is 1.61. The second-order valence-corrected chi connectivity index (χ2v) is 3.19. The molecule has 0 aliphatic heterocycles. The third-order valence-electron chi connectivity index (χ3n) is 2.33. The molecule has 0 aromatic carbocycles. The molecule has 1 aliphatic rings. The molecule has 0 unspecified atom stereocenters. The van der Waals surface area contributed by atoms with Crippen molar-refractivity contribution < 1.29 is 4.79 Å². The van der Waals surface area contributed by atoms with Crippen LogP contribution in [0, 0.1) is 12.3 Å². The SMILES string of the molecule is C#CC(=O)C1(N)CCCCC1.